The van der Waals surface area contributed by atoms with E-state index in [1.165, 1.54) is 11.3 Å². The average Bonchev–Trinajstić information content (AvgIpc) is 2.68. The van der Waals surface area contributed by atoms with E-state index in [-0.39, 0.29) is 0 Å². The van der Waals surface area contributed by atoms with E-state index in [1.807, 2.05) is 29.6 Å². The van der Waals surface area contributed by atoms with E-state index >= 15 is 0 Å². The third-order valence-corrected chi connectivity index (χ3v) is 3.47. The van der Waals surface area contributed by atoms with Crippen LogP contribution in [0, 0.1) is 11.3 Å². The summed E-state index contributed by atoms with van der Waals surface area (Å²) in [4.78, 5) is 4.40. The van der Waals surface area contributed by atoms with Crippen LogP contribution in [0.2, 0.25) is 0 Å². The maximum atomic E-state index is 8.56. The van der Waals surface area contributed by atoms with Crippen LogP contribution in [-0.2, 0) is 6.42 Å². The van der Waals surface area contributed by atoms with Gasteiger partial charge in [0.25, 0.3) is 0 Å². The average molecular weight is 279 g/mol. The molecule has 0 unspecified atom stereocenters. The monoisotopic (exact) mass is 278 g/mol. The molecule has 1 heterocycles. The minimum absolute atomic E-state index is 0.384. The first kappa shape index (κ1) is 10.3. The van der Waals surface area contributed by atoms with Crippen LogP contribution in [0.4, 0.5) is 0 Å². The van der Waals surface area contributed by atoms with Gasteiger partial charge in [0.1, 0.15) is 5.01 Å². The highest BCUT2D eigenvalue weighted by atomic mass is 79.9. The molecule has 0 saturated heterocycles. The number of hydrogen-bond acceptors (Lipinski definition) is 3. The van der Waals surface area contributed by atoms with E-state index in [1.54, 1.807) is 0 Å². The minimum atomic E-state index is 0.384. The third kappa shape index (κ3) is 2.25. The van der Waals surface area contributed by atoms with Crippen LogP contribution in [0.25, 0.3) is 11.3 Å². The third-order valence-electron chi connectivity index (χ3n) is 1.93. The maximum absolute atomic E-state index is 8.56. The lowest BCUT2D eigenvalue weighted by atomic mass is 10.2. The molecule has 0 aliphatic carbocycles. The molecule has 1 aromatic carbocycles. The van der Waals surface area contributed by atoms with Gasteiger partial charge < -0.3 is 0 Å². The van der Waals surface area contributed by atoms with Crippen molar-refractivity contribution in [3.63, 3.8) is 0 Å². The van der Waals surface area contributed by atoms with Gasteiger partial charge in [-0.15, -0.1) is 11.3 Å². The number of thiazole rings is 1. The van der Waals surface area contributed by atoms with E-state index < -0.39 is 0 Å². The van der Waals surface area contributed by atoms with Crippen LogP contribution in [0.3, 0.4) is 0 Å². The Hall–Kier alpha value is -1.18. The molecule has 15 heavy (non-hydrogen) atoms. The molecule has 0 N–H and O–H groups in total. The Morgan fingerprint density at radius 1 is 1.40 bits per heavy atom. The predicted octanol–water partition coefficient (Wildman–Crippen LogP) is 3.64. The summed E-state index contributed by atoms with van der Waals surface area (Å²) in [5, 5.41) is 11.4. The summed E-state index contributed by atoms with van der Waals surface area (Å²) in [6.45, 7) is 0. The molecule has 0 saturated carbocycles. The molecule has 0 spiro atoms. The largest absolute Gasteiger partial charge is 0.240 e. The van der Waals surface area contributed by atoms with E-state index in [4.69, 9.17) is 5.26 Å². The van der Waals surface area contributed by atoms with Crippen molar-refractivity contribution < 1.29 is 0 Å². The van der Waals surface area contributed by atoms with Gasteiger partial charge in [-0.05, 0) is 6.07 Å². The Bertz CT molecular complexity index is 513. The van der Waals surface area contributed by atoms with Gasteiger partial charge in [-0.2, -0.15) is 5.26 Å². The molecule has 74 valence electrons. The molecule has 2 nitrogen and oxygen atoms in total. The van der Waals surface area contributed by atoms with E-state index in [0.717, 1.165) is 20.7 Å². The van der Waals surface area contributed by atoms with E-state index in [0.29, 0.717) is 6.42 Å². The molecule has 2 aromatic rings. The van der Waals surface area contributed by atoms with Crippen LogP contribution >= 0.6 is 27.3 Å². The number of nitriles is 1. The van der Waals surface area contributed by atoms with Crippen LogP contribution in [-0.4, -0.2) is 4.98 Å². The summed E-state index contributed by atoms with van der Waals surface area (Å²) in [5.41, 5.74) is 2.00. The Labute approximate surface area is 100 Å². The topological polar surface area (TPSA) is 36.7 Å². The molecule has 0 bridgehead atoms. The molecule has 0 aliphatic heterocycles. The molecule has 1 aromatic heterocycles. The van der Waals surface area contributed by atoms with Crippen molar-refractivity contribution in [1.29, 1.82) is 5.26 Å². The normalized spacial score (nSPS) is 9.87. The fraction of sp³-hybridized carbons (Fsp3) is 0.0909. The molecule has 0 atom stereocenters. The summed E-state index contributed by atoms with van der Waals surface area (Å²) in [5.74, 6) is 0. The van der Waals surface area contributed by atoms with Crippen molar-refractivity contribution in [1.82, 2.24) is 4.98 Å². The Morgan fingerprint density at radius 2 is 2.20 bits per heavy atom. The van der Waals surface area contributed by atoms with Crippen LogP contribution in [0.15, 0.2) is 34.1 Å². The van der Waals surface area contributed by atoms with Crippen molar-refractivity contribution in [2.45, 2.75) is 6.42 Å². The molecule has 0 radical (unpaired) electrons. The second kappa shape index (κ2) is 4.56. The number of aromatic nitrogens is 1. The van der Waals surface area contributed by atoms with Gasteiger partial charge in [0.2, 0.25) is 0 Å². The van der Waals surface area contributed by atoms with Crippen molar-refractivity contribution in [2.24, 2.45) is 0 Å². The van der Waals surface area contributed by atoms with Gasteiger partial charge in [0.05, 0.1) is 18.2 Å². The lowest BCUT2D eigenvalue weighted by Crippen LogP contribution is -1.82. The van der Waals surface area contributed by atoms with Crippen molar-refractivity contribution in [3.05, 3.63) is 39.1 Å². The number of rotatable bonds is 2. The van der Waals surface area contributed by atoms with Crippen LogP contribution < -0.4 is 0 Å². The highest BCUT2D eigenvalue weighted by Gasteiger charge is 2.06. The fourth-order valence-electron chi connectivity index (χ4n) is 1.25. The summed E-state index contributed by atoms with van der Waals surface area (Å²) in [7, 11) is 0. The van der Waals surface area contributed by atoms with E-state index in [2.05, 4.69) is 27.0 Å². The quantitative estimate of drug-likeness (QED) is 0.841. The summed E-state index contributed by atoms with van der Waals surface area (Å²) in [6.07, 6.45) is 0.384. The minimum Gasteiger partial charge on any atom is -0.240 e. The second-order valence-electron chi connectivity index (χ2n) is 2.94. The second-order valence-corrected chi connectivity index (χ2v) is 4.74. The Morgan fingerprint density at radius 3 is 2.93 bits per heavy atom. The number of benzene rings is 1. The Balaban J connectivity index is 2.38. The first-order chi connectivity index (χ1) is 7.31. The van der Waals surface area contributed by atoms with E-state index in [9.17, 15) is 0 Å². The highest BCUT2D eigenvalue weighted by Crippen LogP contribution is 2.28. The number of halogens is 1. The maximum Gasteiger partial charge on any atom is 0.107 e. The molecule has 4 heteroatoms. The molecular formula is C11H7BrN2S. The van der Waals surface area contributed by atoms with Crippen LogP contribution in [0.5, 0.6) is 0 Å². The van der Waals surface area contributed by atoms with Crippen molar-refractivity contribution >= 4 is 27.3 Å². The zero-order valence-electron chi connectivity index (χ0n) is 7.77. The first-order valence-corrected chi connectivity index (χ1v) is 6.05. The highest BCUT2D eigenvalue weighted by molar-refractivity contribution is 9.10. The first-order valence-electron chi connectivity index (χ1n) is 4.37. The molecule has 2 rings (SSSR count). The van der Waals surface area contributed by atoms with Crippen molar-refractivity contribution in [2.75, 3.05) is 0 Å². The lowest BCUT2D eigenvalue weighted by Gasteiger charge is -1.98. The summed E-state index contributed by atoms with van der Waals surface area (Å²) in [6, 6.07) is 10.0. The van der Waals surface area contributed by atoms with Gasteiger partial charge in [0, 0.05) is 15.4 Å². The molecular weight excluding hydrogens is 272 g/mol. The van der Waals surface area contributed by atoms with Crippen LogP contribution in [0.1, 0.15) is 5.01 Å². The van der Waals surface area contributed by atoms with Gasteiger partial charge in [0.15, 0.2) is 0 Å². The number of hydrogen-bond donors (Lipinski definition) is 0. The van der Waals surface area contributed by atoms with Gasteiger partial charge >= 0.3 is 0 Å². The fourth-order valence-corrected chi connectivity index (χ4v) is 2.47. The number of nitrogens with zero attached hydrogens (tertiary/aromatic N) is 2. The smallest absolute Gasteiger partial charge is 0.107 e. The molecule has 0 aliphatic rings. The zero-order chi connectivity index (χ0) is 10.7. The van der Waals surface area contributed by atoms with Gasteiger partial charge in [-0.1, -0.05) is 34.1 Å². The standard InChI is InChI=1S/C11H7BrN2S/c12-9-4-2-1-3-8(9)10-7-15-11(14-10)5-6-13/h1-4,7H,5H2. The Kier molecular flexibility index (Phi) is 3.14. The summed E-state index contributed by atoms with van der Waals surface area (Å²) < 4.78 is 1.03. The lowest BCUT2D eigenvalue weighted by molar-refractivity contribution is 1.19. The van der Waals surface area contributed by atoms with Gasteiger partial charge in [-0.25, -0.2) is 4.98 Å². The predicted molar refractivity (Wildman–Crippen MR) is 64.6 cm³/mol. The van der Waals surface area contributed by atoms with Gasteiger partial charge in [-0.3, -0.25) is 0 Å². The molecule has 0 fully saturated rings. The SMILES string of the molecule is N#CCc1nc(-c2ccccc2Br)cs1. The summed E-state index contributed by atoms with van der Waals surface area (Å²) >= 11 is 5.00. The molecule has 0 amide bonds. The van der Waals surface area contributed by atoms with Crippen molar-refractivity contribution in [3.8, 4) is 17.3 Å². The zero-order valence-corrected chi connectivity index (χ0v) is 10.2.